The van der Waals surface area contributed by atoms with Gasteiger partial charge in [-0.1, -0.05) is 26.7 Å². The number of hydrogen-bond acceptors (Lipinski definition) is 3. The lowest BCUT2D eigenvalue weighted by atomic mass is 9.78. The average Bonchev–Trinajstić information content (AvgIpc) is 2.50. The van der Waals surface area contributed by atoms with Crippen LogP contribution in [0.5, 0.6) is 0 Å². The molecule has 2 unspecified atom stereocenters. The summed E-state index contributed by atoms with van der Waals surface area (Å²) in [5.74, 6) is -1.71. The molecular weight excluding hydrogens is 268 g/mol. The molecule has 2 N–H and O–H groups in total. The van der Waals surface area contributed by atoms with Gasteiger partial charge in [-0.05, 0) is 45.3 Å². The van der Waals surface area contributed by atoms with Crippen molar-refractivity contribution in [3.05, 3.63) is 0 Å². The summed E-state index contributed by atoms with van der Waals surface area (Å²) in [6.45, 7) is 8.14. The maximum atomic E-state index is 12.1. The Morgan fingerprint density at radius 3 is 2.29 bits per heavy atom. The van der Waals surface area contributed by atoms with Gasteiger partial charge in [0.05, 0.1) is 11.8 Å². The third-order valence-electron chi connectivity index (χ3n) is 4.51. The van der Waals surface area contributed by atoms with Gasteiger partial charge in [0, 0.05) is 6.54 Å². The zero-order valence-electron chi connectivity index (χ0n) is 13.4. The van der Waals surface area contributed by atoms with Gasteiger partial charge in [-0.3, -0.25) is 9.59 Å². The number of hydrogen-bond donors (Lipinski definition) is 2. The monoisotopic (exact) mass is 298 g/mol. The summed E-state index contributed by atoms with van der Waals surface area (Å²) in [6, 6.07) is 0. The Balaban J connectivity index is 2.24. The summed E-state index contributed by atoms with van der Waals surface area (Å²) in [5.41, 5.74) is 0. The van der Waals surface area contributed by atoms with Gasteiger partial charge < -0.3 is 15.3 Å². The number of carboxylic acid groups (broad SMARTS) is 1. The molecule has 1 aliphatic rings. The Labute approximate surface area is 128 Å². The molecule has 0 saturated heterocycles. The fraction of sp³-hybridized carbons (Fsp3) is 0.875. The zero-order chi connectivity index (χ0) is 15.7. The van der Waals surface area contributed by atoms with Crippen LogP contribution in [0.25, 0.3) is 0 Å². The second-order valence-electron chi connectivity index (χ2n) is 5.86. The van der Waals surface area contributed by atoms with Gasteiger partial charge in [-0.15, -0.1) is 0 Å². The lowest BCUT2D eigenvalue weighted by molar-refractivity contribution is -0.148. The number of rotatable bonds is 9. The molecule has 0 aromatic carbocycles. The van der Waals surface area contributed by atoms with Crippen LogP contribution in [0.2, 0.25) is 0 Å². The highest BCUT2D eigenvalue weighted by atomic mass is 16.4. The van der Waals surface area contributed by atoms with Crippen LogP contribution in [-0.4, -0.2) is 48.1 Å². The van der Waals surface area contributed by atoms with E-state index in [1.54, 1.807) is 0 Å². The molecule has 1 saturated carbocycles. The minimum Gasteiger partial charge on any atom is -0.481 e. The number of carbonyl (C=O) groups excluding carboxylic acids is 1. The van der Waals surface area contributed by atoms with Gasteiger partial charge in [0.2, 0.25) is 5.91 Å². The van der Waals surface area contributed by atoms with E-state index in [0.29, 0.717) is 19.4 Å². The van der Waals surface area contributed by atoms with Crippen LogP contribution in [-0.2, 0) is 9.59 Å². The van der Waals surface area contributed by atoms with Gasteiger partial charge in [0.25, 0.3) is 0 Å². The number of nitrogens with zero attached hydrogens (tertiary/aromatic N) is 1. The SMILES string of the molecule is CCN(CC)CCCCNC(=O)C1CCCCC1C(=O)O. The summed E-state index contributed by atoms with van der Waals surface area (Å²) in [4.78, 5) is 25.7. The van der Waals surface area contributed by atoms with Crippen molar-refractivity contribution in [2.45, 2.75) is 52.4 Å². The van der Waals surface area contributed by atoms with E-state index in [2.05, 4.69) is 24.1 Å². The molecule has 0 heterocycles. The average molecular weight is 298 g/mol. The first-order valence-corrected chi connectivity index (χ1v) is 8.33. The Morgan fingerprint density at radius 2 is 1.71 bits per heavy atom. The first-order valence-electron chi connectivity index (χ1n) is 8.33. The lowest BCUT2D eigenvalue weighted by Gasteiger charge is -2.27. The molecule has 0 radical (unpaired) electrons. The van der Waals surface area contributed by atoms with Crippen LogP contribution >= 0.6 is 0 Å². The van der Waals surface area contributed by atoms with Gasteiger partial charge >= 0.3 is 5.97 Å². The molecule has 21 heavy (non-hydrogen) atoms. The van der Waals surface area contributed by atoms with E-state index in [0.717, 1.165) is 45.3 Å². The summed E-state index contributed by atoms with van der Waals surface area (Å²) in [5, 5.41) is 12.1. The summed E-state index contributed by atoms with van der Waals surface area (Å²) in [6.07, 6.45) is 5.24. The van der Waals surface area contributed by atoms with E-state index in [-0.39, 0.29) is 11.8 Å². The van der Waals surface area contributed by atoms with Gasteiger partial charge in [-0.25, -0.2) is 0 Å². The highest BCUT2D eigenvalue weighted by Crippen LogP contribution is 2.30. The highest BCUT2D eigenvalue weighted by molar-refractivity contribution is 5.84. The number of aliphatic carboxylic acids is 1. The third kappa shape index (κ3) is 6.04. The molecular formula is C16H30N2O3. The van der Waals surface area contributed by atoms with E-state index in [9.17, 15) is 14.7 Å². The molecule has 0 aromatic heterocycles. The first kappa shape index (κ1) is 18.0. The molecule has 0 spiro atoms. The molecule has 1 fully saturated rings. The van der Waals surface area contributed by atoms with Crippen LogP contribution in [0.3, 0.4) is 0 Å². The van der Waals surface area contributed by atoms with Crippen molar-refractivity contribution < 1.29 is 14.7 Å². The van der Waals surface area contributed by atoms with E-state index >= 15 is 0 Å². The minimum atomic E-state index is -0.823. The Bertz CT molecular complexity index is 329. The van der Waals surface area contributed by atoms with Crippen molar-refractivity contribution in [2.24, 2.45) is 11.8 Å². The van der Waals surface area contributed by atoms with E-state index in [1.807, 2.05) is 0 Å². The molecule has 5 heteroatoms. The summed E-state index contributed by atoms with van der Waals surface area (Å²) < 4.78 is 0. The van der Waals surface area contributed by atoms with Crippen molar-refractivity contribution in [3.63, 3.8) is 0 Å². The topological polar surface area (TPSA) is 69.6 Å². The van der Waals surface area contributed by atoms with E-state index in [4.69, 9.17) is 0 Å². The minimum absolute atomic E-state index is 0.0649. The van der Waals surface area contributed by atoms with Crippen LogP contribution in [0.4, 0.5) is 0 Å². The molecule has 122 valence electrons. The van der Waals surface area contributed by atoms with E-state index < -0.39 is 11.9 Å². The first-order chi connectivity index (χ1) is 10.1. The number of amides is 1. The normalized spacial score (nSPS) is 22.2. The molecule has 0 aromatic rings. The van der Waals surface area contributed by atoms with Crippen molar-refractivity contribution in [3.8, 4) is 0 Å². The zero-order valence-corrected chi connectivity index (χ0v) is 13.4. The van der Waals surface area contributed by atoms with Crippen LogP contribution < -0.4 is 5.32 Å². The number of carboxylic acids is 1. The Hall–Kier alpha value is -1.10. The maximum absolute atomic E-state index is 12.1. The van der Waals surface area contributed by atoms with Gasteiger partial charge in [-0.2, -0.15) is 0 Å². The molecule has 1 amide bonds. The molecule has 1 aliphatic carbocycles. The van der Waals surface area contributed by atoms with Crippen molar-refractivity contribution in [1.29, 1.82) is 0 Å². The van der Waals surface area contributed by atoms with Crippen LogP contribution in [0.15, 0.2) is 0 Å². The van der Waals surface area contributed by atoms with E-state index in [1.165, 1.54) is 0 Å². The number of nitrogens with one attached hydrogen (secondary N) is 1. The van der Waals surface area contributed by atoms with Gasteiger partial charge in [0.15, 0.2) is 0 Å². The second kappa shape index (κ2) is 9.77. The highest BCUT2D eigenvalue weighted by Gasteiger charge is 2.35. The molecule has 5 nitrogen and oxygen atoms in total. The fourth-order valence-electron chi connectivity index (χ4n) is 3.08. The molecule has 0 aliphatic heterocycles. The predicted molar refractivity (Wildman–Crippen MR) is 83.1 cm³/mol. The fourth-order valence-corrected chi connectivity index (χ4v) is 3.08. The number of carbonyl (C=O) groups is 2. The number of unbranched alkanes of at least 4 members (excludes halogenated alkanes) is 1. The molecule has 1 rings (SSSR count). The summed E-state index contributed by atoms with van der Waals surface area (Å²) >= 11 is 0. The summed E-state index contributed by atoms with van der Waals surface area (Å²) in [7, 11) is 0. The molecule has 2 atom stereocenters. The van der Waals surface area contributed by atoms with Crippen molar-refractivity contribution in [2.75, 3.05) is 26.2 Å². The van der Waals surface area contributed by atoms with Crippen LogP contribution in [0, 0.1) is 11.8 Å². The second-order valence-corrected chi connectivity index (χ2v) is 5.86. The standard InChI is InChI=1S/C16H30N2O3/c1-3-18(4-2)12-8-7-11-17-15(19)13-9-5-6-10-14(13)16(20)21/h13-14H,3-12H2,1-2H3,(H,17,19)(H,20,21). The van der Waals surface area contributed by atoms with Crippen LogP contribution in [0.1, 0.15) is 52.4 Å². The smallest absolute Gasteiger partial charge is 0.307 e. The van der Waals surface area contributed by atoms with Crippen molar-refractivity contribution >= 4 is 11.9 Å². The Kier molecular flexibility index (Phi) is 8.35. The van der Waals surface area contributed by atoms with Gasteiger partial charge in [0.1, 0.15) is 0 Å². The maximum Gasteiger partial charge on any atom is 0.307 e. The quantitative estimate of drug-likeness (QED) is 0.640. The predicted octanol–water partition coefficient (Wildman–Crippen LogP) is 2.12. The lowest BCUT2D eigenvalue weighted by Crippen LogP contribution is -2.40. The molecule has 0 bridgehead atoms. The third-order valence-corrected chi connectivity index (χ3v) is 4.51. The Morgan fingerprint density at radius 1 is 1.10 bits per heavy atom. The van der Waals surface area contributed by atoms with Crippen molar-refractivity contribution in [1.82, 2.24) is 10.2 Å². The largest absolute Gasteiger partial charge is 0.481 e.